The SMILES string of the molecule is C[Si]1(C)c2ccccc2-c2cccc(-c3nc(-c4cccc5c4oc4ccccc45)cc(-c4cccc5c4sc4ccccc45)n3)c21. The van der Waals surface area contributed by atoms with Gasteiger partial charge in [-0.25, -0.2) is 9.97 Å². The number of hydrogen-bond donors (Lipinski definition) is 0. The molecule has 1 aliphatic rings. The monoisotopic (exact) mass is 636 g/mol. The van der Waals surface area contributed by atoms with Crippen LogP contribution in [-0.4, -0.2) is 18.0 Å². The first kappa shape index (κ1) is 26.8. The molecule has 0 amide bonds. The molecular weight excluding hydrogens is 609 g/mol. The van der Waals surface area contributed by atoms with Gasteiger partial charge in [0.05, 0.1) is 11.4 Å². The van der Waals surface area contributed by atoms with Gasteiger partial charge in [0.2, 0.25) is 0 Å². The molecule has 222 valence electrons. The second kappa shape index (κ2) is 9.82. The zero-order valence-corrected chi connectivity index (χ0v) is 27.7. The van der Waals surface area contributed by atoms with Gasteiger partial charge in [-0.1, -0.05) is 122 Å². The van der Waals surface area contributed by atoms with Crippen molar-refractivity contribution in [3.8, 4) is 45.0 Å². The highest BCUT2D eigenvalue weighted by Crippen LogP contribution is 2.42. The van der Waals surface area contributed by atoms with E-state index in [-0.39, 0.29) is 0 Å². The summed E-state index contributed by atoms with van der Waals surface area (Å²) in [4.78, 5) is 10.8. The van der Waals surface area contributed by atoms with Gasteiger partial charge in [0.25, 0.3) is 0 Å². The van der Waals surface area contributed by atoms with E-state index in [1.807, 2.05) is 23.5 Å². The van der Waals surface area contributed by atoms with Gasteiger partial charge in [-0.3, -0.25) is 0 Å². The average Bonchev–Trinajstić information content (AvgIpc) is 3.76. The number of nitrogens with zero attached hydrogens (tertiary/aromatic N) is 2. The van der Waals surface area contributed by atoms with E-state index < -0.39 is 8.07 Å². The smallest absolute Gasteiger partial charge is 0.160 e. The van der Waals surface area contributed by atoms with Gasteiger partial charge in [-0.2, -0.15) is 0 Å². The third-order valence-electron chi connectivity index (χ3n) is 9.91. The van der Waals surface area contributed by atoms with E-state index in [9.17, 15) is 0 Å². The molecule has 3 aromatic heterocycles. The molecule has 0 radical (unpaired) electrons. The van der Waals surface area contributed by atoms with Gasteiger partial charge >= 0.3 is 0 Å². The second-order valence-corrected chi connectivity index (χ2v) is 18.3. The maximum atomic E-state index is 6.54. The van der Waals surface area contributed by atoms with Crippen LogP contribution < -0.4 is 10.4 Å². The normalized spacial score (nSPS) is 13.5. The molecule has 0 saturated heterocycles. The van der Waals surface area contributed by atoms with E-state index in [0.717, 1.165) is 55.8 Å². The number of para-hydroxylation sites is 2. The lowest BCUT2D eigenvalue weighted by Crippen LogP contribution is -2.50. The molecule has 47 heavy (non-hydrogen) atoms. The van der Waals surface area contributed by atoms with Crippen LogP contribution in [0.25, 0.3) is 87.1 Å². The van der Waals surface area contributed by atoms with Crippen molar-refractivity contribution < 1.29 is 4.42 Å². The fourth-order valence-electron chi connectivity index (χ4n) is 7.78. The Hall–Kier alpha value is -5.36. The molecule has 0 unspecified atom stereocenters. The van der Waals surface area contributed by atoms with Gasteiger partial charge in [-0.05, 0) is 45.8 Å². The molecule has 9 aromatic rings. The van der Waals surface area contributed by atoms with Crippen molar-refractivity contribution in [3.63, 3.8) is 0 Å². The summed E-state index contributed by atoms with van der Waals surface area (Å²) in [5, 5.41) is 7.62. The number of fused-ring (bicyclic) bond motifs is 9. The molecule has 0 aliphatic carbocycles. The highest BCUT2D eigenvalue weighted by atomic mass is 32.1. The Balaban J connectivity index is 1.28. The number of rotatable bonds is 3. The van der Waals surface area contributed by atoms with Crippen molar-refractivity contribution in [1.29, 1.82) is 0 Å². The first-order valence-corrected chi connectivity index (χ1v) is 19.8. The van der Waals surface area contributed by atoms with Gasteiger partial charge in [0, 0.05) is 47.6 Å². The zero-order chi connectivity index (χ0) is 31.3. The Kier molecular flexibility index (Phi) is 5.60. The first-order valence-electron chi connectivity index (χ1n) is 16.0. The lowest BCUT2D eigenvalue weighted by molar-refractivity contribution is 0.670. The summed E-state index contributed by atoms with van der Waals surface area (Å²) in [6.45, 7) is 4.91. The van der Waals surface area contributed by atoms with Crippen molar-refractivity contribution in [2.75, 3.05) is 0 Å². The largest absolute Gasteiger partial charge is 0.455 e. The van der Waals surface area contributed by atoms with Gasteiger partial charge < -0.3 is 4.42 Å². The van der Waals surface area contributed by atoms with Crippen molar-refractivity contribution in [3.05, 3.63) is 133 Å². The third kappa shape index (κ3) is 3.84. The molecule has 0 fully saturated rings. The standard InChI is InChI=1S/C42H28N2OSSi/c1-47(2)38-23-8-5-14-27(38)30-17-11-20-33(41(30)47)42-43-34(31-18-9-15-28-25-12-3-6-21-36(25)45-39(28)31)24-35(44-42)32-19-10-16-29-26-13-4-7-22-37(26)46-40(29)32/h3-24H,1-2H3. The average molecular weight is 637 g/mol. The minimum atomic E-state index is -2.03. The van der Waals surface area contributed by atoms with Crippen LogP contribution in [0.15, 0.2) is 138 Å². The number of aromatic nitrogens is 2. The molecule has 0 atom stereocenters. The maximum absolute atomic E-state index is 6.54. The summed E-state index contributed by atoms with van der Waals surface area (Å²) in [6.07, 6.45) is 0. The molecule has 0 bridgehead atoms. The van der Waals surface area contributed by atoms with Crippen LogP contribution in [0.3, 0.4) is 0 Å². The van der Waals surface area contributed by atoms with E-state index >= 15 is 0 Å². The quantitative estimate of drug-likeness (QED) is 0.181. The van der Waals surface area contributed by atoms with Crippen LogP contribution in [0.2, 0.25) is 13.1 Å². The van der Waals surface area contributed by atoms with Crippen molar-refractivity contribution in [1.82, 2.24) is 9.97 Å². The summed E-state index contributed by atoms with van der Waals surface area (Å²) >= 11 is 1.83. The van der Waals surface area contributed by atoms with Crippen LogP contribution in [0, 0.1) is 0 Å². The number of hydrogen-bond acceptors (Lipinski definition) is 4. The van der Waals surface area contributed by atoms with E-state index in [2.05, 4.69) is 134 Å². The van der Waals surface area contributed by atoms with Gasteiger partial charge in [0.1, 0.15) is 19.2 Å². The Morgan fingerprint density at radius 3 is 2.04 bits per heavy atom. The Labute approximate surface area is 276 Å². The molecule has 3 nitrogen and oxygen atoms in total. The van der Waals surface area contributed by atoms with Crippen LogP contribution in [0.5, 0.6) is 0 Å². The van der Waals surface area contributed by atoms with Gasteiger partial charge in [-0.15, -0.1) is 11.3 Å². The van der Waals surface area contributed by atoms with Crippen molar-refractivity contribution in [2.45, 2.75) is 13.1 Å². The Morgan fingerprint density at radius 2 is 1.15 bits per heavy atom. The van der Waals surface area contributed by atoms with Crippen molar-refractivity contribution >= 4 is 71.9 Å². The molecular formula is C42H28N2OSSi. The summed E-state index contributed by atoms with van der Waals surface area (Å²) in [5.41, 5.74) is 9.39. The van der Waals surface area contributed by atoms with Crippen molar-refractivity contribution in [2.24, 2.45) is 0 Å². The molecule has 4 heterocycles. The molecule has 1 aliphatic heterocycles. The zero-order valence-electron chi connectivity index (χ0n) is 25.9. The van der Waals surface area contributed by atoms with E-state index in [4.69, 9.17) is 14.4 Å². The third-order valence-corrected chi connectivity index (χ3v) is 14.7. The highest BCUT2D eigenvalue weighted by molar-refractivity contribution is 7.26. The van der Waals surface area contributed by atoms with Crippen LogP contribution in [0.4, 0.5) is 0 Å². The van der Waals surface area contributed by atoms with E-state index in [1.54, 1.807) is 0 Å². The lowest BCUT2D eigenvalue weighted by Gasteiger charge is -2.22. The molecule has 5 heteroatoms. The van der Waals surface area contributed by atoms with E-state index in [1.165, 1.54) is 41.7 Å². The highest BCUT2D eigenvalue weighted by Gasteiger charge is 2.39. The lowest BCUT2D eigenvalue weighted by atomic mass is 10.0. The van der Waals surface area contributed by atoms with Crippen LogP contribution in [0.1, 0.15) is 0 Å². The molecule has 0 N–H and O–H groups in total. The summed E-state index contributed by atoms with van der Waals surface area (Å²) in [7, 11) is -2.03. The van der Waals surface area contributed by atoms with E-state index in [0.29, 0.717) is 0 Å². The Morgan fingerprint density at radius 1 is 0.532 bits per heavy atom. The predicted molar refractivity (Wildman–Crippen MR) is 201 cm³/mol. The summed E-state index contributed by atoms with van der Waals surface area (Å²) in [6, 6.07) is 47.6. The minimum absolute atomic E-state index is 0.758. The fourth-order valence-corrected chi connectivity index (χ4v) is 12.4. The summed E-state index contributed by atoms with van der Waals surface area (Å²) < 4.78 is 9.06. The van der Waals surface area contributed by atoms with Crippen LogP contribution in [-0.2, 0) is 0 Å². The first-order chi connectivity index (χ1) is 23.1. The number of furan rings is 1. The maximum Gasteiger partial charge on any atom is 0.160 e. The topological polar surface area (TPSA) is 38.9 Å². The van der Waals surface area contributed by atoms with Gasteiger partial charge in [0.15, 0.2) is 5.82 Å². The summed E-state index contributed by atoms with van der Waals surface area (Å²) in [5.74, 6) is 0.758. The number of thiophene rings is 1. The van der Waals surface area contributed by atoms with Crippen LogP contribution >= 0.6 is 11.3 Å². The Bertz CT molecular complexity index is 2610. The predicted octanol–water partition coefficient (Wildman–Crippen LogP) is 10.5. The fraction of sp³-hybridized carbons (Fsp3) is 0.0476. The second-order valence-electron chi connectivity index (χ2n) is 12.9. The molecule has 0 spiro atoms. The molecule has 6 aromatic carbocycles. The molecule has 0 saturated carbocycles. The molecule has 10 rings (SSSR count). The number of benzene rings is 6. The minimum Gasteiger partial charge on any atom is -0.455 e.